The van der Waals surface area contributed by atoms with Crippen LogP contribution in [0.3, 0.4) is 0 Å². The molecule has 12 heavy (non-hydrogen) atoms. The minimum Gasteiger partial charge on any atom is -1.00 e. The summed E-state index contributed by atoms with van der Waals surface area (Å²) in [5.74, 6) is 0. The number of quaternary nitrogens is 1. The Morgan fingerprint density at radius 1 is 1.25 bits per heavy atom. The van der Waals surface area contributed by atoms with Gasteiger partial charge in [0.1, 0.15) is 0 Å². The van der Waals surface area contributed by atoms with Gasteiger partial charge < -0.3 is 9.60 Å². The highest BCUT2D eigenvalue weighted by molar-refractivity contribution is 4.61. The van der Waals surface area contributed by atoms with Crippen molar-refractivity contribution in [3.63, 3.8) is 0 Å². The van der Waals surface area contributed by atoms with Crippen molar-refractivity contribution < 1.29 is 9.60 Å². The highest BCUT2D eigenvalue weighted by atomic mass is 19.0. The van der Waals surface area contributed by atoms with Gasteiger partial charge in [0.05, 0.1) is 19.1 Å². The molecular formula is C10H22FN. The fourth-order valence-electron chi connectivity index (χ4n) is 2.33. The third kappa shape index (κ3) is 3.10. The van der Waals surface area contributed by atoms with Crippen LogP contribution in [0.15, 0.2) is 0 Å². The third-order valence-electron chi connectivity index (χ3n) is 2.84. The standard InChI is InChI=1S/C10H21N.FH/c1-3-6-10-7-5-9-11(10)8-4-2;/h10H,3-9H2,1-2H3;1H. The van der Waals surface area contributed by atoms with E-state index in [0.717, 1.165) is 6.04 Å². The Hall–Kier alpha value is -0.110. The predicted molar refractivity (Wildman–Crippen MR) is 48.9 cm³/mol. The van der Waals surface area contributed by atoms with E-state index in [9.17, 15) is 0 Å². The molecule has 0 aliphatic carbocycles. The summed E-state index contributed by atoms with van der Waals surface area (Å²) in [6.45, 7) is 7.46. The highest BCUT2D eigenvalue weighted by Gasteiger charge is 2.26. The van der Waals surface area contributed by atoms with E-state index in [2.05, 4.69) is 13.8 Å². The van der Waals surface area contributed by atoms with Crippen LogP contribution in [-0.2, 0) is 0 Å². The van der Waals surface area contributed by atoms with Gasteiger partial charge in [-0.3, -0.25) is 0 Å². The van der Waals surface area contributed by atoms with Crippen LogP contribution in [0, 0.1) is 0 Å². The Morgan fingerprint density at radius 3 is 2.58 bits per heavy atom. The topological polar surface area (TPSA) is 4.44 Å². The number of likely N-dealkylation sites (tertiary alicyclic amines) is 1. The quantitative estimate of drug-likeness (QED) is 0.517. The van der Waals surface area contributed by atoms with E-state index in [-0.39, 0.29) is 4.70 Å². The predicted octanol–water partition coefficient (Wildman–Crippen LogP) is -1.75. The Bertz CT molecular complexity index is 94.0. The van der Waals surface area contributed by atoms with Gasteiger partial charge in [0.2, 0.25) is 0 Å². The second-order valence-corrected chi connectivity index (χ2v) is 3.79. The van der Waals surface area contributed by atoms with Crippen LogP contribution in [0.25, 0.3) is 0 Å². The molecule has 2 heteroatoms. The minimum atomic E-state index is 0. The molecule has 2 unspecified atom stereocenters. The van der Waals surface area contributed by atoms with Crippen molar-refractivity contribution in [2.45, 2.75) is 52.0 Å². The molecule has 0 aromatic rings. The molecule has 0 amide bonds. The molecule has 1 aliphatic rings. The van der Waals surface area contributed by atoms with Gasteiger partial charge in [-0.15, -0.1) is 0 Å². The molecule has 1 N–H and O–H groups in total. The molecule has 1 nitrogen and oxygen atoms in total. The third-order valence-corrected chi connectivity index (χ3v) is 2.84. The SMILES string of the molecule is CCCC1CCC[NH+]1CCC.[F-]. The summed E-state index contributed by atoms with van der Waals surface area (Å²) in [4.78, 5) is 1.88. The molecule has 74 valence electrons. The molecule has 1 fully saturated rings. The smallest absolute Gasteiger partial charge is 0.0876 e. The fourth-order valence-corrected chi connectivity index (χ4v) is 2.33. The summed E-state index contributed by atoms with van der Waals surface area (Å²) in [5, 5.41) is 0. The molecule has 0 spiro atoms. The molecule has 0 aromatic heterocycles. The largest absolute Gasteiger partial charge is 1.00 e. The van der Waals surface area contributed by atoms with Gasteiger partial charge in [-0.05, 0) is 12.8 Å². The lowest BCUT2D eigenvalue weighted by molar-refractivity contribution is -0.912. The van der Waals surface area contributed by atoms with E-state index >= 15 is 0 Å². The molecule has 1 aliphatic heterocycles. The number of halogens is 1. The highest BCUT2D eigenvalue weighted by Crippen LogP contribution is 2.05. The molecule has 2 atom stereocenters. The van der Waals surface area contributed by atoms with Crippen molar-refractivity contribution in [2.24, 2.45) is 0 Å². The lowest BCUT2D eigenvalue weighted by atomic mass is 10.1. The summed E-state index contributed by atoms with van der Waals surface area (Å²) < 4.78 is 0. The van der Waals surface area contributed by atoms with Gasteiger partial charge in [-0.1, -0.05) is 20.3 Å². The average molecular weight is 175 g/mol. The Balaban J connectivity index is 0.00000121. The van der Waals surface area contributed by atoms with E-state index in [0.29, 0.717) is 0 Å². The van der Waals surface area contributed by atoms with Gasteiger partial charge in [-0.25, -0.2) is 0 Å². The molecule has 0 aromatic carbocycles. The number of rotatable bonds is 4. The summed E-state index contributed by atoms with van der Waals surface area (Å²) in [5.41, 5.74) is 0. The summed E-state index contributed by atoms with van der Waals surface area (Å²) >= 11 is 0. The zero-order valence-corrected chi connectivity index (χ0v) is 8.41. The van der Waals surface area contributed by atoms with Crippen molar-refractivity contribution in [3.8, 4) is 0 Å². The van der Waals surface area contributed by atoms with E-state index < -0.39 is 0 Å². The van der Waals surface area contributed by atoms with Gasteiger partial charge in [0.25, 0.3) is 0 Å². The van der Waals surface area contributed by atoms with Crippen molar-refractivity contribution in [2.75, 3.05) is 13.1 Å². The van der Waals surface area contributed by atoms with Crippen molar-refractivity contribution in [1.29, 1.82) is 0 Å². The average Bonchev–Trinajstić information content (AvgIpc) is 2.39. The van der Waals surface area contributed by atoms with Crippen molar-refractivity contribution in [1.82, 2.24) is 0 Å². The summed E-state index contributed by atoms with van der Waals surface area (Å²) in [7, 11) is 0. The van der Waals surface area contributed by atoms with Crippen LogP contribution in [-0.4, -0.2) is 19.1 Å². The van der Waals surface area contributed by atoms with Crippen LogP contribution in [0.2, 0.25) is 0 Å². The number of hydrogen-bond acceptors (Lipinski definition) is 0. The molecule has 0 saturated carbocycles. The van der Waals surface area contributed by atoms with Crippen molar-refractivity contribution in [3.05, 3.63) is 0 Å². The lowest BCUT2D eigenvalue weighted by Gasteiger charge is -2.20. The minimum absolute atomic E-state index is 0. The Labute approximate surface area is 75.5 Å². The van der Waals surface area contributed by atoms with Crippen LogP contribution in [0.5, 0.6) is 0 Å². The molecule has 1 rings (SSSR count). The Morgan fingerprint density at radius 2 is 2.00 bits per heavy atom. The van der Waals surface area contributed by atoms with Gasteiger partial charge in [0.15, 0.2) is 0 Å². The summed E-state index contributed by atoms with van der Waals surface area (Å²) in [6.07, 6.45) is 7.14. The first-order chi connectivity index (χ1) is 5.38. The Kier molecular flexibility index (Phi) is 6.35. The van der Waals surface area contributed by atoms with Crippen LogP contribution >= 0.6 is 0 Å². The van der Waals surface area contributed by atoms with Gasteiger partial charge in [0, 0.05) is 12.8 Å². The maximum absolute atomic E-state index is 2.31. The van der Waals surface area contributed by atoms with E-state index in [1.165, 1.54) is 45.2 Å². The van der Waals surface area contributed by atoms with Crippen LogP contribution < -0.4 is 9.60 Å². The van der Waals surface area contributed by atoms with Crippen LogP contribution in [0.1, 0.15) is 46.0 Å². The molecule has 1 heterocycles. The number of hydrogen-bond donors (Lipinski definition) is 1. The van der Waals surface area contributed by atoms with E-state index in [1.807, 2.05) is 4.90 Å². The van der Waals surface area contributed by atoms with E-state index in [1.54, 1.807) is 0 Å². The second-order valence-electron chi connectivity index (χ2n) is 3.79. The molecular weight excluding hydrogens is 153 g/mol. The zero-order valence-electron chi connectivity index (χ0n) is 8.41. The second kappa shape index (κ2) is 6.41. The monoisotopic (exact) mass is 175 g/mol. The first-order valence-electron chi connectivity index (χ1n) is 5.23. The zero-order chi connectivity index (χ0) is 8.10. The maximum atomic E-state index is 2.31. The number of nitrogens with one attached hydrogen (secondary N) is 1. The van der Waals surface area contributed by atoms with E-state index in [4.69, 9.17) is 0 Å². The first-order valence-corrected chi connectivity index (χ1v) is 5.23. The fraction of sp³-hybridized carbons (Fsp3) is 1.00. The maximum Gasteiger partial charge on any atom is 0.0876 e. The molecule has 0 bridgehead atoms. The summed E-state index contributed by atoms with van der Waals surface area (Å²) in [6, 6.07) is 1.01. The van der Waals surface area contributed by atoms with Crippen LogP contribution in [0.4, 0.5) is 0 Å². The normalized spacial score (nSPS) is 28.5. The van der Waals surface area contributed by atoms with Gasteiger partial charge >= 0.3 is 0 Å². The lowest BCUT2D eigenvalue weighted by Crippen LogP contribution is -3.13. The molecule has 1 saturated heterocycles. The first kappa shape index (κ1) is 11.9. The molecule has 0 radical (unpaired) electrons. The van der Waals surface area contributed by atoms with Gasteiger partial charge in [-0.2, -0.15) is 0 Å². The van der Waals surface area contributed by atoms with Crippen molar-refractivity contribution >= 4 is 0 Å².